The second kappa shape index (κ2) is 11.8. The molecule has 9 nitrogen and oxygen atoms in total. The molecule has 2 rings (SSSR count). The molecule has 0 fully saturated rings. The summed E-state index contributed by atoms with van der Waals surface area (Å²) in [4.78, 5) is 47.0. The van der Waals surface area contributed by atoms with Crippen LogP contribution in [0.4, 0.5) is 5.69 Å². The molecule has 0 aromatic heterocycles. The number of rotatable bonds is 9. The Hall–Kier alpha value is -3.88. The third kappa shape index (κ3) is 8.01. The minimum Gasteiger partial charge on any atom is -0.494 e. The highest BCUT2D eigenvalue weighted by Gasteiger charge is 2.12. The molecule has 3 amide bonds. The summed E-state index contributed by atoms with van der Waals surface area (Å²) in [5.41, 5.74) is 5.29. The van der Waals surface area contributed by atoms with Crippen LogP contribution in [0.1, 0.15) is 30.1 Å². The standard InChI is InChI=1S/C21H23N3O6/c1-2-29-17-10-8-16(9-11-17)22-18(25)12-13-20(27)30-14-19(26)23-24-21(28)15-6-4-3-5-7-15/h3-11H,2,12-14H2,1H3,(H,22,25)(H,23,26)(H,24,28). The van der Waals surface area contributed by atoms with Gasteiger partial charge in [0.25, 0.3) is 11.8 Å². The predicted molar refractivity (Wildman–Crippen MR) is 108 cm³/mol. The Kier molecular flexibility index (Phi) is 8.85. The van der Waals surface area contributed by atoms with Crippen LogP contribution in [0, 0.1) is 0 Å². The predicted octanol–water partition coefficient (Wildman–Crippen LogP) is 1.81. The van der Waals surface area contributed by atoms with Gasteiger partial charge in [-0.3, -0.25) is 30.0 Å². The molecular formula is C21H23N3O6. The molecule has 0 bridgehead atoms. The van der Waals surface area contributed by atoms with E-state index in [9.17, 15) is 19.2 Å². The summed E-state index contributed by atoms with van der Waals surface area (Å²) >= 11 is 0. The Morgan fingerprint density at radius 3 is 2.20 bits per heavy atom. The van der Waals surface area contributed by atoms with Crippen LogP contribution in [-0.4, -0.2) is 36.9 Å². The van der Waals surface area contributed by atoms with Crippen molar-refractivity contribution in [1.82, 2.24) is 10.9 Å². The highest BCUT2D eigenvalue weighted by molar-refractivity contribution is 5.95. The SMILES string of the molecule is CCOc1ccc(NC(=O)CCC(=O)OCC(=O)NNC(=O)c2ccccc2)cc1. The summed E-state index contributed by atoms with van der Waals surface area (Å²) in [6.07, 6.45) is -0.287. The average molecular weight is 413 g/mol. The zero-order valence-electron chi connectivity index (χ0n) is 16.5. The number of ether oxygens (including phenoxy) is 2. The topological polar surface area (TPSA) is 123 Å². The maximum Gasteiger partial charge on any atom is 0.306 e. The van der Waals surface area contributed by atoms with E-state index in [0.29, 0.717) is 23.6 Å². The molecule has 2 aromatic rings. The monoisotopic (exact) mass is 413 g/mol. The largest absolute Gasteiger partial charge is 0.494 e. The van der Waals surface area contributed by atoms with Crippen molar-refractivity contribution in [2.45, 2.75) is 19.8 Å². The quantitative estimate of drug-likeness (QED) is 0.426. The second-order valence-electron chi connectivity index (χ2n) is 6.03. The summed E-state index contributed by atoms with van der Waals surface area (Å²) in [7, 11) is 0. The van der Waals surface area contributed by atoms with Gasteiger partial charge in [0.1, 0.15) is 5.75 Å². The molecule has 0 atom stereocenters. The van der Waals surface area contributed by atoms with Gasteiger partial charge in [-0.1, -0.05) is 18.2 Å². The molecule has 158 valence electrons. The molecule has 0 aliphatic rings. The molecule has 0 aliphatic heterocycles. The van der Waals surface area contributed by atoms with E-state index in [2.05, 4.69) is 16.2 Å². The number of carbonyl (C=O) groups excluding carboxylic acids is 4. The Labute approximate surface area is 173 Å². The molecule has 0 heterocycles. The lowest BCUT2D eigenvalue weighted by Crippen LogP contribution is -2.43. The third-order valence-corrected chi connectivity index (χ3v) is 3.72. The Bertz CT molecular complexity index is 868. The van der Waals surface area contributed by atoms with Gasteiger partial charge in [0.15, 0.2) is 6.61 Å². The minimum atomic E-state index is -0.707. The molecule has 30 heavy (non-hydrogen) atoms. The minimum absolute atomic E-state index is 0.0988. The number of esters is 1. The van der Waals surface area contributed by atoms with Crippen molar-refractivity contribution in [1.29, 1.82) is 0 Å². The summed E-state index contributed by atoms with van der Waals surface area (Å²) in [6.45, 7) is 1.85. The van der Waals surface area contributed by atoms with Crippen molar-refractivity contribution < 1.29 is 28.7 Å². The summed E-state index contributed by atoms with van der Waals surface area (Å²) < 4.78 is 10.1. The molecular weight excluding hydrogens is 390 g/mol. The van der Waals surface area contributed by atoms with Gasteiger partial charge in [-0.2, -0.15) is 0 Å². The molecule has 0 radical (unpaired) electrons. The number of benzene rings is 2. The first-order valence-electron chi connectivity index (χ1n) is 9.30. The number of anilines is 1. The van der Waals surface area contributed by atoms with Gasteiger partial charge in [-0.15, -0.1) is 0 Å². The molecule has 0 spiro atoms. The second-order valence-corrected chi connectivity index (χ2v) is 6.03. The van der Waals surface area contributed by atoms with Gasteiger partial charge >= 0.3 is 5.97 Å². The normalized spacial score (nSPS) is 9.90. The lowest BCUT2D eigenvalue weighted by atomic mass is 10.2. The number of nitrogens with one attached hydrogen (secondary N) is 3. The van der Waals surface area contributed by atoms with E-state index in [4.69, 9.17) is 9.47 Å². The van der Waals surface area contributed by atoms with Crippen molar-refractivity contribution in [2.75, 3.05) is 18.5 Å². The lowest BCUT2D eigenvalue weighted by molar-refractivity contribution is -0.149. The zero-order chi connectivity index (χ0) is 21.8. The van der Waals surface area contributed by atoms with Crippen molar-refractivity contribution in [3.8, 4) is 5.75 Å². The van der Waals surface area contributed by atoms with E-state index in [1.807, 2.05) is 6.92 Å². The number of carbonyl (C=O) groups is 4. The fourth-order valence-corrected chi connectivity index (χ4v) is 2.28. The average Bonchev–Trinajstić information content (AvgIpc) is 2.76. The molecule has 2 aromatic carbocycles. The number of amides is 3. The van der Waals surface area contributed by atoms with Crippen LogP contribution in [0.2, 0.25) is 0 Å². The van der Waals surface area contributed by atoms with Gasteiger partial charge in [0.2, 0.25) is 5.91 Å². The Morgan fingerprint density at radius 2 is 1.53 bits per heavy atom. The van der Waals surface area contributed by atoms with E-state index in [-0.39, 0.29) is 18.7 Å². The Morgan fingerprint density at radius 1 is 0.833 bits per heavy atom. The number of hydrogen-bond acceptors (Lipinski definition) is 6. The third-order valence-electron chi connectivity index (χ3n) is 3.72. The summed E-state index contributed by atoms with van der Waals surface area (Å²) in [6, 6.07) is 15.1. The molecule has 3 N–H and O–H groups in total. The number of hydrazine groups is 1. The first-order valence-corrected chi connectivity index (χ1v) is 9.30. The lowest BCUT2D eigenvalue weighted by Gasteiger charge is -2.09. The number of hydrogen-bond donors (Lipinski definition) is 3. The first-order chi connectivity index (χ1) is 14.5. The van der Waals surface area contributed by atoms with Gasteiger partial charge in [0, 0.05) is 17.7 Å². The molecule has 0 aliphatic carbocycles. The van der Waals surface area contributed by atoms with Crippen LogP contribution < -0.4 is 20.9 Å². The van der Waals surface area contributed by atoms with Gasteiger partial charge in [-0.05, 0) is 43.3 Å². The molecule has 9 heteroatoms. The van der Waals surface area contributed by atoms with Crippen molar-refractivity contribution in [3.63, 3.8) is 0 Å². The zero-order valence-corrected chi connectivity index (χ0v) is 16.5. The van der Waals surface area contributed by atoms with Crippen LogP contribution in [0.5, 0.6) is 5.75 Å². The van der Waals surface area contributed by atoms with Gasteiger partial charge in [-0.25, -0.2) is 0 Å². The van der Waals surface area contributed by atoms with Crippen LogP contribution in [0.3, 0.4) is 0 Å². The maximum absolute atomic E-state index is 11.9. The fraction of sp³-hybridized carbons (Fsp3) is 0.238. The van der Waals surface area contributed by atoms with Crippen LogP contribution >= 0.6 is 0 Å². The Balaban J connectivity index is 1.62. The van der Waals surface area contributed by atoms with E-state index < -0.39 is 24.4 Å². The summed E-state index contributed by atoms with van der Waals surface area (Å²) in [5.74, 6) is -1.58. The maximum atomic E-state index is 11.9. The van der Waals surface area contributed by atoms with Crippen molar-refractivity contribution in [2.24, 2.45) is 0 Å². The van der Waals surface area contributed by atoms with Gasteiger partial charge in [0.05, 0.1) is 13.0 Å². The van der Waals surface area contributed by atoms with Gasteiger partial charge < -0.3 is 14.8 Å². The van der Waals surface area contributed by atoms with E-state index in [0.717, 1.165) is 0 Å². The highest BCUT2D eigenvalue weighted by Crippen LogP contribution is 2.15. The summed E-state index contributed by atoms with van der Waals surface area (Å²) in [5, 5.41) is 2.65. The van der Waals surface area contributed by atoms with Crippen LogP contribution in [0.15, 0.2) is 54.6 Å². The van der Waals surface area contributed by atoms with E-state index >= 15 is 0 Å². The van der Waals surface area contributed by atoms with Crippen molar-refractivity contribution in [3.05, 3.63) is 60.2 Å². The van der Waals surface area contributed by atoms with E-state index in [1.54, 1.807) is 54.6 Å². The fourth-order valence-electron chi connectivity index (χ4n) is 2.28. The molecule has 0 saturated heterocycles. The van der Waals surface area contributed by atoms with Crippen molar-refractivity contribution >= 4 is 29.4 Å². The smallest absolute Gasteiger partial charge is 0.306 e. The van der Waals surface area contributed by atoms with E-state index in [1.165, 1.54) is 0 Å². The van der Waals surface area contributed by atoms with Crippen LogP contribution in [0.25, 0.3) is 0 Å². The first kappa shape index (κ1) is 22.4. The molecule has 0 unspecified atom stereocenters. The molecule has 0 saturated carbocycles. The van der Waals surface area contributed by atoms with Crippen LogP contribution in [-0.2, 0) is 19.1 Å². The highest BCUT2D eigenvalue weighted by atomic mass is 16.5.